The van der Waals surface area contributed by atoms with Crippen LogP contribution in [0.5, 0.6) is 0 Å². The molecule has 1 aliphatic carbocycles. The molecule has 4 nitrogen and oxygen atoms in total. The molecule has 18 heavy (non-hydrogen) atoms. The molecule has 0 unspecified atom stereocenters. The highest BCUT2D eigenvalue weighted by molar-refractivity contribution is 7.17. The van der Waals surface area contributed by atoms with Crippen molar-refractivity contribution < 1.29 is 9.53 Å². The maximum Gasteiger partial charge on any atom is 0.186 e. The minimum atomic E-state index is 0.254. The van der Waals surface area contributed by atoms with E-state index in [1.54, 1.807) is 0 Å². The van der Waals surface area contributed by atoms with Gasteiger partial charge in [-0.2, -0.15) is 0 Å². The van der Waals surface area contributed by atoms with E-state index in [-0.39, 0.29) is 11.9 Å². The van der Waals surface area contributed by atoms with Crippen molar-refractivity contribution in [2.45, 2.75) is 39.2 Å². The van der Waals surface area contributed by atoms with Crippen LogP contribution in [0.4, 0.5) is 5.13 Å². The van der Waals surface area contributed by atoms with Crippen LogP contribution < -0.4 is 4.90 Å². The normalized spacial score (nSPS) is 15.0. The zero-order valence-electron chi connectivity index (χ0n) is 11.2. The Hall–Kier alpha value is -0.940. The lowest BCUT2D eigenvalue weighted by atomic mass is 10.0. The second kappa shape index (κ2) is 5.80. The number of aryl methyl sites for hydroxylation is 1. The van der Waals surface area contributed by atoms with E-state index >= 15 is 0 Å². The molecule has 1 aliphatic rings. The van der Waals surface area contributed by atoms with Crippen molar-refractivity contribution in [3.63, 3.8) is 0 Å². The van der Waals surface area contributed by atoms with Crippen molar-refractivity contribution in [3.8, 4) is 0 Å². The topological polar surface area (TPSA) is 42.4 Å². The van der Waals surface area contributed by atoms with Crippen molar-refractivity contribution in [2.75, 3.05) is 25.1 Å². The quantitative estimate of drug-likeness (QED) is 0.823. The lowest BCUT2D eigenvalue weighted by Crippen LogP contribution is -2.23. The number of anilines is 1. The average Bonchev–Trinajstić information content (AvgIpc) is 2.74. The Balaban J connectivity index is 1.98. The Morgan fingerprint density at radius 2 is 2.22 bits per heavy atom. The fourth-order valence-corrected chi connectivity index (χ4v) is 3.01. The van der Waals surface area contributed by atoms with Crippen LogP contribution in [0.3, 0.4) is 0 Å². The number of aromatic nitrogens is 1. The number of likely N-dealkylation sites (N-methyl/N-ethyl adjacent to an activating group) is 1. The highest BCUT2D eigenvalue weighted by Crippen LogP contribution is 2.31. The fraction of sp³-hybridized carbons (Fsp3) is 0.692. The Kier molecular flexibility index (Phi) is 4.35. The van der Waals surface area contributed by atoms with Crippen LogP contribution >= 0.6 is 11.3 Å². The first-order valence-corrected chi connectivity index (χ1v) is 7.25. The number of carbonyl (C=O) groups excluding carboxylic acids is 1. The molecule has 1 aromatic rings. The van der Waals surface area contributed by atoms with Gasteiger partial charge in [0.15, 0.2) is 10.9 Å². The smallest absolute Gasteiger partial charge is 0.186 e. The van der Waals surface area contributed by atoms with Crippen molar-refractivity contribution in [1.82, 2.24) is 4.98 Å². The highest BCUT2D eigenvalue weighted by Gasteiger charge is 2.23. The molecule has 0 fully saturated rings. The maximum absolute atomic E-state index is 11.8. The number of hydrogen-bond donors (Lipinski definition) is 0. The van der Waals surface area contributed by atoms with E-state index in [0.29, 0.717) is 13.0 Å². The minimum Gasteiger partial charge on any atom is -0.377 e. The highest BCUT2D eigenvalue weighted by atomic mass is 32.1. The second-order valence-corrected chi connectivity index (χ2v) is 5.87. The van der Waals surface area contributed by atoms with Gasteiger partial charge in [0.25, 0.3) is 0 Å². The zero-order chi connectivity index (χ0) is 13.1. The van der Waals surface area contributed by atoms with Crippen molar-refractivity contribution in [2.24, 2.45) is 0 Å². The summed E-state index contributed by atoms with van der Waals surface area (Å²) in [6.07, 6.45) is 2.81. The average molecular weight is 268 g/mol. The minimum absolute atomic E-state index is 0.254. The van der Waals surface area contributed by atoms with Crippen LogP contribution in [0.25, 0.3) is 0 Å². The predicted octanol–water partition coefficient (Wildman–Crippen LogP) is 2.52. The van der Waals surface area contributed by atoms with Crippen LogP contribution in [0.2, 0.25) is 0 Å². The van der Waals surface area contributed by atoms with Crippen molar-refractivity contribution in [1.29, 1.82) is 0 Å². The first kappa shape index (κ1) is 13.5. The number of rotatable bonds is 5. The van der Waals surface area contributed by atoms with E-state index in [2.05, 4.69) is 9.88 Å². The fourth-order valence-electron chi connectivity index (χ4n) is 1.94. The molecular weight excluding hydrogens is 248 g/mol. The van der Waals surface area contributed by atoms with Gasteiger partial charge in [0.1, 0.15) is 0 Å². The van der Waals surface area contributed by atoms with Crippen LogP contribution in [0.1, 0.15) is 42.1 Å². The number of ether oxygens (including phenoxy) is 1. The summed E-state index contributed by atoms with van der Waals surface area (Å²) < 4.78 is 5.53. The maximum atomic E-state index is 11.8. The SMILES string of the molecule is CC(C)OCCN(C)c1nc2c(s1)C(=O)CCC2. The summed E-state index contributed by atoms with van der Waals surface area (Å²) in [4.78, 5) is 19.3. The number of carbonyl (C=O) groups is 1. The molecule has 0 spiro atoms. The molecule has 0 saturated heterocycles. The van der Waals surface area contributed by atoms with Gasteiger partial charge < -0.3 is 9.64 Å². The van der Waals surface area contributed by atoms with E-state index in [1.165, 1.54) is 11.3 Å². The first-order chi connectivity index (χ1) is 8.58. The van der Waals surface area contributed by atoms with Crippen LogP contribution in [0.15, 0.2) is 0 Å². The van der Waals surface area contributed by atoms with Gasteiger partial charge in [0, 0.05) is 20.0 Å². The third-order valence-corrected chi connectivity index (χ3v) is 4.21. The molecule has 0 saturated carbocycles. The molecule has 1 heterocycles. The number of fused-ring (bicyclic) bond motifs is 1. The molecule has 0 N–H and O–H groups in total. The number of nitrogens with zero attached hydrogens (tertiary/aromatic N) is 2. The molecule has 0 aromatic carbocycles. The Morgan fingerprint density at radius 3 is 2.89 bits per heavy atom. The van der Waals surface area contributed by atoms with Crippen LogP contribution in [0, 0.1) is 0 Å². The Labute approximate surface area is 112 Å². The molecule has 2 rings (SSSR count). The largest absolute Gasteiger partial charge is 0.377 e. The van der Waals surface area contributed by atoms with Gasteiger partial charge in [-0.3, -0.25) is 4.79 Å². The molecule has 0 radical (unpaired) electrons. The summed E-state index contributed by atoms with van der Waals surface area (Å²) in [7, 11) is 2.00. The molecule has 100 valence electrons. The lowest BCUT2D eigenvalue weighted by molar-refractivity contribution is 0.0846. The van der Waals surface area contributed by atoms with Crippen LogP contribution in [-0.2, 0) is 11.2 Å². The number of ketones is 1. The van der Waals surface area contributed by atoms with Gasteiger partial charge in [-0.25, -0.2) is 4.98 Å². The molecule has 5 heteroatoms. The van der Waals surface area contributed by atoms with E-state index < -0.39 is 0 Å². The molecule has 0 bridgehead atoms. The summed E-state index contributed by atoms with van der Waals surface area (Å²) >= 11 is 1.52. The summed E-state index contributed by atoms with van der Waals surface area (Å²) in [6.45, 7) is 5.55. The summed E-state index contributed by atoms with van der Waals surface area (Å²) in [5, 5.41) is 0.933. The first-order valence-electron chi connectivity index (χ1n) is 6.43. The number of Topliss-reactive ketones (excluding diaryl/α,β-unsaturated/α-hetero) is 1. The molecule has 1 aromatic heterocycles. The van der Waals surface area contributed by atoms with E-state index in [4.69, 9.17) is 4.74 Å². The summed E-state index contributed by atoms with van der Waals surface area (Å²) in [6, 6.07) is 0. The predicted molar refractivity (Wildman–Crippen MR) is 73.7 cm³/mol. The molecule has 0 aliphatic heterocycles. The number of thiazole rings is 1. The van der Waals surface area contributed by atoms with E-state index in [1.807, 2.05) is 20.9 Å². The van der Waals surface area contributed by atoms with Gasteiger partial charge in [-0.05, 0) is 26.7 Å². The molecule has 0 atom stereocenters. The van der Waals surface area contributed by atoms with Crippen molar-refractivity contribution >= 4 is 22.3 Å². The van der Waals surface area contributed by atoms with E-state index in [0.717, 1.165) is 35.1 Å². The Morgan fingerprint density at radius 1 is 1.44 bits per heavy atom. The third kappa shape index (κ3) is 3.09. The van der Waals surface area contributed by atoms with Gasteiger partial charge >= 0.3 is 0 Å². The zero-order valence-corrected chi connectivity index (χ0v) is 12.0. The third-order valence-electron chi connectivity index (χ3n) is 2.96. The molecular formula is C13H20N2O2S. The Bertz CT molecular complexity index is 429. The van der Waals surface area contributed by atoms with Gasteiger partial charge in [0.05, 0.1) is 23.3 Å². The van der Waals surface area contributed by atoms with E-state index in [9.17, 15) is 4.79 Å². The number of hydrogen-bond acceptors (Lipinski definition) is 5. The van der Waals surface area contributed by atoms with Gasteiger partial charge in [-0.1, -0.05) is 11.3 Å². The standard InChI is InChI=1S/C13H20N2O2S/c1-9(2)17-8-7-15(3)13-14-10-5-4-6-11(16)12(10)18-13/h9H,4-8H2,1-3H3. The second-order valence-electron chi connectivity index (χ2n) is 4.89. The monoisotopic (exact) mass is 268 g/mol. The summed E-state index contributed by atoms with van der Waals surface area (Å²) in [5.74, 6) is 0.256. The van der Waals surface area contributed by atoms with Gasteiger partial charge in [0.2, 0.25) is 0 Å². The summed E-state index contributed by atoms with van der Waals surface area (Å²) in [5.41, 5.74) is 0.989. The lowest BCUT2D eigenvalue weighted by Gasteiger charge is -2.16. The molecule has 0 amide bonds. The van der Waals surface area contributed by atoms with Crippen LogP contribution in [-0.4, -0.2) is 37.1 Å². The van der Waals surface area contributed by atoms with Crippen molar-refractivity contribution in [3.05, 3.63) is 10.6 Å². The van der Waals surface area contributed by atoms with Gasteiger partial charge in [-0.15, -0.1) is 0 Å².